The molecule has 0 N–H and O–H groups in total. The summed E-state index contributed by atoms with van der Waals surface area (Å²) in [4.78, 5) is 24.5. The molecule has 6 rings (SSSR count). The van der Waals surface area contributed by atoms with Gasteiger partial charge in [0.2, 0.25) is 5.89 Å². The second-order valence-corrected chi connectivity index (χ2v) is 8.19. The summed E-state index contributed by atoms with van der Waals surface area (Å²) in [7, 11) is 0. The monoisotopic (exact) mass is 420 g/mol. The van der Waals surface area contributed by atoms with E-state index in [-0.39, 0.29) is 11.8 Å². The molecule has 3 heterocycles. The molecule has 0 radical (unpaired) electrons. The highest BCUT2D eigenvalue weighted by molar-refractivity contribution is 6.08. The minimum Gasteiger partial charge on any atom is -0.339 e. The average molecular weight is 420 g/mol. The fraction of sp³-hybridized carbons (Fsp3) is 0.154. The molecule has 1 aliphatic rings. The van der Waals surface area contributed by atoms with Crippen molar-refractivity contribution in [1.29, 1.82) is 0 Å². The van der Waals surface area contributed by atoms with Crippen LogP contribution in [0.1, 0.15) is 28.0 Å². The molecule has 5 aromatic rings. The van der Waals surface area contributed by atoms with Gasteiger partial charge in [0.25, 0.3) is 5.91 Å². The van der Waals surface area contributed by atoms with Crippen LogP contribution in [0.4, 0.5) is 0 Å². The number of aromatic nitrogens is 3. The van der Waals surface area contributed by atoms with Crippen LogP contribution >= 0.6 is 0 Å². The number of fused-ring (bicyclic) bond motifs is 2. The Morgan fingerprint density at radius 2 is 1.69 bits per heavy atom. The molecule has 1 amide bonds. The topological polar surface area (TPSA) is 72.1 Å². The first-order chi connectivity index (χ1) is 15.7. The molecule has 6 nitrogen and oxygen atoms in total. The Hall–Kier alpha value is -4.06. The number of hydrogen-bond donors (Lipinski definition) is 0. The summed E-state index contributed by atoms with van der Waals surface area (Å²) in [5, 5.41) is 6.98. The van der Waals surface area contributed by atoms with E-state index in [1.807, 2.05) is 53.4 Å². The molecule has 0 bridgehead atoms. The Morgan fingerprint density at radius 3 is 2.50 bits per heavy atom. The summed E-state index contributed by atoms with van der Waals surface area (Å²) >= 11 is 0. The van der Waals surface area contributed by atoms with Crippen LogP contribution in [-0.2, 0) is 0 Å². The van der Waals surface area contributed by atoms with Crippen molar-refractivity contribution in [2.24, 2.45) is 0 Å². The maximum atomic E-state index is 13.5. The maximum absolute atomic E-state index is 13.5. The quantitative estimate of drug-likeness (QED) is 0.411. The van der Waals surface area contributed by atoms with Crippen molar-refractivity contribution in [2.45, 2.75) is 12.8 Å². The zero-order valence-electron chi connectivity index (χ0n) is 17.5. The number of rotatable bonds is 3. The van der Waals surface area contributed by atoms with Crippen LogP contribution in [0, 0.1) is 6.92 Å². The van der Waals surface area contributed by atoms with Crippen molar-refractivity contribution in [3.8, 4) is 11.3 Å². The van der Waals surface area contributed by atoms with Crippen molar-refractivity contribution in [2.75, 3.05) is 13.1 Å². The molecule has 0 atom stereocenters. The molecule has 156 valence electrons. The van der Waals surface area contributed by atoms with Gasteiger partial charge < -0.3 is 9.42 Å². The smallest absolute Gasteiger partial charge is 0.254 e. The van der Waals surface area contributed by atoms with Crippen molar-refractivity contribution in [3.05, 3.63) is 90.1 Å². The summed E-state index contributed by atoms with van der Waals surface area (Å²) in [6.45, 7) is 2.94. The number of carbonyl (C=O) groups is 1. The third kappa shape index (κ3) is 3.03. The van der Waals surface area contributed by atoms with Crippen molar-refractivity contribution < 1.29 is 9.32 Å². The highest BCUT2D eigenvalue weighted by Crippen LogP contribution is 2.33. The lowest BCUT2D eigenvalue weighted by Gasteiger charge is -2.37. The van der Waals surface area contributed by atoms with Gasteiger partial charge in [0.1, 0.15) is 0 Å². The number of para-hydroxylation sites is 1. The van der Waals surface area contributed by atoms with Crippen LogP contribution in [0.3, 0.4) is 0 Å². The lowest BCUT2D eigenvalue weighted by atomic mass is 9.96. The third-order valence-corrected chi connectivity index (χ3v) is 6.07. The molecule has 32 heavy (non-hydrogen) atoms. The van der Waals surface area contributed by atoms with Crippen molar-refractivity contribution >= 4 is 27.6 Å². The number of amides is 1. The fourth-order valence-corrected chi connectivity index (χ4v) is 4.39. The van der Waals surface area contributed by atoms with Gasteiger partial charge in [-0.15, -0.1) is 0 Å². The number of carbonyl (C=O) groups excluding carboxylic acids is 1. The first-order valence-electron chi connectivity index (χ1n) is 10.6. The van der Waals surface area contributed by atoms with E-state index in [1.54, 1.807) is 6.92 Å². The molecular formula is C26H20N4O2. The van der Waals surface area contributed by atoms with Gasteiger partial charge in [-0.3, -0.25) is 4.79 Å². The number of nitrogens with zero attached hydrogens (tertiary/aromatic N) is 4. The molecule has 0 unspecified atom stereocenters. The third-order valence-electron chi connectivity index (χ3n) is 6.07. The standard InChI is InChI=1S/C26H20N4O2/c1-16-27-25(32-29-16)18-14-30(15-18)26(31)22-13-24(28-23-12-5-4-10-21(22)23)20-11-6-8-17-7-2-3-9-19(17)20/h2-13,18H,14-15H2,1H3. The normalized spacial score (nSPS) is 14.1. The summed E-state index contributed by atoms with van der Waals surface area (Å²) in [5.41, 5.74) is 3.30. The van der Waals surface area contributed by atoms with E-state index < -0.39 is 0 Å². The Morgan fingerprint density at radius 1 is 0.938 bits per heavy atom. The summed E-state index contributed by atoms with van der Waals surface area (Å²) in [6, 6.07) is 24.2. The van der Waals surface area contributed by atoms with Gasteiger partial charge in [-0.25, -0.2) is 4.98 Å². The number of pyridine rings is 1. The van der Waals surface area contributed by atoms with Gasteiger partial charge in [-0.05, 0) is 29.8 Å². The van der Waals surface area contributed by atoms with Gasteiger partial charge in [-0.1, -0.05) is 65.8 Å². The summed E-state index contributed by atoms with van der Waals surface area (Å²) < 4.78 is 5.28. The molecule has 0 spiro atoms. The van der Waals surface area contributed by atoms with Crippen molar-refractivity contribution in [3.63, 3.8) is 0 Å². The molecular weight excluding hydrogens is 400 g/mol. The Labute approximate surface area is 184 Å². The SMILES string of the molecule is Cc1noc(C2CN(C(=O)c3cc(-c4cccc5ccccc45)nc4ccccc34)C2)n1. The second-order valence-electron chi connectivity index (χ2n) is 8.19. The second kappa shape index (κ2) is 7.27. The summed E-state index contributed by atoms with van der Waals surface area (Å²) in [5.74, 6) is 1.30. The first-order valence-corrected chi connectivity index (χ1v) is 10.6. The van der Waals surface area contributed by atoms with E-state index in [2.05, 4.69) is 34.4 Å². The molecule has 1 fully saturated rings. The van der Waals surface area contributed by atoms with E-state index in [0.717, 1.165) is 32.9 Å². The molecule has 1 aliphatic heterocycles. The molecule has 6 heteroatoms. The average Bonchev–Trinajstić information content (AvgIpc) is 3.22. The number of likely N-dealkylation sites (tertiary alicyclic amines) is 1. The van der Waals surface area contributed by atoms with E-state index in [4.69, 9.17) is 9.51 Å². The van der Waals surface area contributed by atoms with Gasteiger partial charge >= 0.3 is 0 Å². The molecule has 0 aliphatic carbocycles. The largest absolute Gasteiger partial charge is 0.339 e. The van der Waals surface area contributed by atoms with E-state index in [9.17, 15) is 4.79 Å². The van der Waals surface area contributed by atoms with E-state index >= 15 is 0 Å². The number of aryl methyl sites for hydroxylation is 1. The van der Waals surface area contributed by atoms with Crippen LogP contribution in [0.15, 0.2) is 77.3 Å². The molecule has 2 aromatic heterocycles. The Balaban J connectivity index is 1.41. The Bertz CT molecular complexity index is 1480. The van der Waals surface area contributed by atoms with Crippen molar-refractivity contribution in [1.82, 2.24) is 20.0 Å². The van der Waals surface area contributed by atoms with Gasteiger partial charge in [0.05, 0.1) is 22.7 Å². The van der Waals surface area contributed by atoms with E-state index in [0.29, 0.717) is 30.4 Å². The Kier molecular flexibility index (Phi) is 4.24. The van der Waals surface area contributed by atoms with Crippen LogP contribution in [0.25, 0.3) is 32.9 Å². The lowest BCUT2D eigenvalue weighted by Crippen LogP contribution is -2.48. The highest BCUT2D eigenvalue weighted by atomic mass is 16.5. The minimum atomic E-state index is -0.00225. The minimum absolute atomic E-state index is 0.00225. The predicted octanol–water partition coefficient (Wildman–Crippen LogP) is 4.99. The van der Waals surface area contributed by atoms with Gasteiger partial charge in [0.15, 0.2) is 5.82 Å². The highest BCUT2D eigenvalue weighted by Gasteiger charge is 2.36. The van der Waals surface area contributed by atoms with Crippen LogP contribution in [0.2, 0.25) is 0 Å². The van der Waals surface area contributed by atoms with Crippen LogP contribution in [0.5, 0.6) is 0 Å². The zero-order chi connectivity index (χ0) is 21.7. The molecule has 0 saturated carbocycles. The zero-order valence-corrected chi connectivity index (χ0v) is 17.5. The number of hydrogen-bond acceptors (Lipinski definition) is 5. The van der Waals surface area contributed by atoms with Gasteiger partial charge in [0, 0.05) is 24.0 Å². The summed E-state index contributed by atoms with van der Waals surface area (Å²) in [6.07, 6.45) is 0. The maximum Gasteiger partial charge on any atom is 0.254 e. The van der Waals surface area contributed by atoms with Crippen LogP contribution < -0.4 is 0 Å². The lowest BCUT2D eigenvalue weighted by molar-refractivity contribution is 0.0571. The fourth-order valence-electron chi connectivity index (χ4n) is 4.39. The molecule has 3 aromatic carbocycles. The van der Waals surface area contributed by atoms with Crippen LogP contribution in [-0.4, -0.2) is 39.0 Å². The number of benzene rings is 3. The first kappa shape index (κ1) is 18.7. The van der Waals surface area contributed by atoms with Gasteiger partial charge in [-0.2, -0.15) is 4.98 Å². The predicted molar refractivity (Wildman–Crippen MR) is 122 cm³/mol. The molecule has 1 saturated heterocycles. The van der Waals surface area contributed by atoms with E-state index in [1.165, 1.54) is 0 Å².